The molecule has 0 heterocycles. The van der Waals surface area contributed by atoms with Crippen molar-refractivity contribution in [2.24, 2.45) is 0 Å². The third-order valence-electron chi connectivity index (χ3n) is 8.37. The minimum absolute atomic E-state index is 0.217. The van der Waals surface area contributed by atoms with Crippen molar-refractivity contribution >= 4 is 28.7 Å². The predicted molar refractivity (Wildman–Crippen MR) is 180 cm³/mol. The highest BCUT2D eigenvalue weighted by Gasteiger charge is 2.23. The van der Waals surface area contributed by atoms with Crippen LogP contribution in [0.1, 0.15) is 62.3 Å². The van der Waals surface area contributed by atoms with E-state index in [0.29, 0.717) is 0 Å². The number of methoxy groups -OCH3 is 1. The SMILES string of the molecule is CCCC(C)(CC)c1ccc(/C(=C/c2ccc(N(c3ccccc3)c3ccc(OC)cc3)cc2)c2ccccc2)cc1. The normalized spacial score (nSPS) is 12.9. The highest BCUT2D eigenvalue weighted by molar-refractivity contribution is 5.91. The molecule has 0 fully saturated rings. The fourth-order valence-corrected chi connectivity index (χ4v) is 5.72. The van der Waals surface area contributed by atoms with Crippen LogP contribution in [-0.4, -0.2) is 7.11 Å². The number of hydrogen-bond acceptors (Lipinski definition) is 2. The van der Waals surface area contributed by atoms with E-state index >= 15 is 0 Å². The quantitative estimate of drug-likeness (QED) is 0.151. The van der Waals surface area contributed by atoms with Gasteiger partial charge in [-0.1, -0.05) is 112 Å². The van der Waals surface area contributed by atoms with E-state index in [1.54, 1.807) is 7.11 Å². The molecular formula is C40H41NO. The summed E-state index contributed by atoms with van der Waals surface area (Å²) in [6.45, 7) is 6.97. The number of anilines is 3. The zero-order valence-corrected chi connectivity index (χ0v) is 25.3. The van der Waals surface area contributed by atoms with Crippen LogP contribution in [0.2, 0.25) is 0 Å². The van der Waals surface area contributed by atoms with Gasteiger partial charge in [0.1, 0.15) is 5.75 Å². The lowest BCUT2D eigenvalue weighted by Crippen LogP contribution is -2.20. The molecule has 42 heavy (non-hydrogen) atoms. The van der Waals surface area contributed by atoms with Gasteiger partial charge in [-0.15, -0.1) is 0 Å². The molecule has 0 aliphatic carbocycles. The van der Waals surface area contributed by atoms with Crippen molar-refractivity contribution in [2.75, 3.05) is 12.0 Å². The highest BCUT2D eigenvalue weighted by Crippen LogP contribution is 2.37. The third kappa shape index (κ3) is 6.50. The Balaban J connectivity index is 1.51. The molecule has 0 saturated carbocycles. The molecule has 0 saturated heterocycles. The molecule has 0 aliphatic heterocycles. The van der Waals surface area contributed by atoms with Crippen LogP contribution in [0.5, 0.6) is 5.75 Å². The maximum Gasteiger partial charge on any atom is 0.119 e. The van der Waals surface area contributed by atoms with Crippen molar-refractivity contribution < 1.29 is 4.74 Å². The summed E-state index contributed by atoms with van der Waals surface area (Å²) in [5.74, 6) is 0.846. The van der Waals surface area contributed by atoms with Crippen molar-refractivity contribution in [1.82, 2.24) is 0 Å². The number of rotatable bonds is 11. The molecule has 5 aromatic rings. The van der Waals surface area contributed by atoms with E-state index in [1.165, 1.54) is 35.1 Å². The van der Waals surface area contributed by atoms with Crippen LogP contribution < -0.4 is 9.64 Å². The lowest BCUT2D eigenvalue weighted by atomic mass is 9.76. The van der Waals surface area contributed by atoms with Gasteiger partial charge in [0, 0.05) is 17.1 Å². The lowest BCUT2D eigenvalue weighted by molar-refractivity contribution is 0.414. The van der Waals surface area contributed by atoms with Gasteiger partial charge in [-0.05, 0) is 101 Å². The summed E-state index contributed by atoms with van der Waals surface area (Å²) in [6, 6.07) is 47.5. The van der Waals surface area contributed by atoms with Crippen LogP contribution in [-0.2, 0) is 5.41 Å². The number of para-hydroxylation sites is 1. The molecule has 5 rings (SSSR count). The second kappa shape index (κ2) is 13.4. The Morgan fingerprint density at radius 2 is 1.17 bits per heavy atom. The molecule has 0 aliphatic rings. The van der Waals surface area contributed by atoms with Crippen molar-refractivity contribution in [3.63, 3.8) is 0 Å². The molecular weight excluding hydrogens is 510 g/mol. The van der Waals surface area contributed by atoms with Crippen LogP contribution >= 0.6 is 0 Å². The molecule has 0 amide bonds. The Labute approximate surface area is 251 Å². The fraction of sp³-hybridized carbons (Fsp3) is 0.200. The van der Waals surface area contributed by atoms with Gasteiger partial charge in [-0.2, -0.15) is 0 Å². The first-order valence-electron chi connectivity index (χ1n) is 15.0. The van der Waals surface area contributed by atoms with E-state index in [9.17, 15) is 0 Å². The minimum Gasteiger partial charge on any atom is -0.497 e. The Bertz CT molecular complexity index is 1570. The van der Waals surface area contributed by atoms with Gasteiger partial charge in [-0.25, -0.2) is 0 Å². The van der Waals surface area contributed by atoms with E-state index in [0.717, 1.165) is 34.8 Å². The van der Waals surface area contributed by atoms with Crippen molar-refractivity contribution in [1.29, 1.82) is 0 Å². The summed E-state index contributed by atoms with van der Waals surface area (Å²) in [6.07, 6.45) is 5.84. The summed E-state index contributed by atoms with van der Waals surface area (Å²) in [7, 11) is 1.70. The summed E-state index contributed by atoms with van der Waals surface area (Å²) in [5, 5.41) is 0. The van der Waals surface area contributed by atoms with Gasteiger partial charge in [-0.3, -0.25) is 0 Å². The zero-order chi connectivity index (χ0) is 29.4. The monoisotopic (exact) mass is 551 g/mol. The van der Waals surface area contributed by atoms with Gasteiger partial charge in [0.25, 0.3) is 0 Å². The lowest BCUT2D eigenvalue weighted by Gasteiger charge is -2.29. The fourth-order valence-electron chi connectivity index (χ4n) is 5.72. The molecule has 0 spiro atoms. The molecule has 0 N–H and O–H groups in total. The summed E-state index contributed by atoms with van der Waals surface area (Å²) in [5.41, 5.74) is 9.76. The Morgan fingerprint density at radius 1 is 0.643 bits per heavy atom. The van der Waals surface area contributed by atoms with Crippen LogP contribution in [0.25, 0.3) is 11.6 Å². The van der Waals surface area contributed by atoms with Gasteiger partial charge in [0.2, 0.25) is 0 Å². The first kappa shape index (κ1) is 29.0. The molecule has 1 atom stereocenters. The molecule has 0 aromatic heterocycles. The van der Waals surface area contributed by atoms with E-state index in [-0.39, 0.29) is 5.41 Å². The van der Waals surface area contributed by atoms with E-state index in [2.05, 4.69) is 147 Å². The van der Waals surface area contributed by atoms with Crippen molar-refractivity contribution in [3.8, 4) is 5.75 Å². The number of nitrogens with zero attached hydrogens (tertiary/aromatic N) is 1. The topological polar surface area (TPSA) is 12.5 Å². The maximum atomic E-state index is 5.40. The average molecular weight is 552 g/mol. The standard InChI is InChI=1S/C40H41NO/c1-5-29-40(3,6-2)34-21-19-33(20-22-34)39(32-13-9-7-10-14-32)30-31-17-23-36(24-18-31)41(35-15-11-8-12-16-35)37-25-27-38(42-4)28-26-37/h7-28,30H,5-6,29H2,1-4H3/b39-30+. The van der Waals surface area contributed by atoms with Gasteiger partial charge < -0.3 is 9.64 Å². The Morgan fingerprint density at radius 3 is 1.71 bits per heavy atom. The molecule has 2 heteroatoms. The third-order valence-corrected chi connectivity index (χ3v) is 8.37. The number of ether oxygens (including phenoxy) is 1. The molecule has 0 bridgehead atoms. The largest absolute Gasteiger partial charge is 0.497 e. The zero-order valence-electron chi connectivity index (χ0n) is 25.3. The van der Waals surface area contributed by atoms with Crippen LogP contribution in [0.4, 0.5) is 17.1 Å². The van der Waals surface area contributed by atoms with Crippen molar-refractivity contribution in [2.45, 2.75) is 45.4 Å². The maximum absolute atomic E-state index is 5.40. The van der Waals surface area contributed by atoms with Crippen LogP contribution in [0.3, 0.4) is 0 Å². The predicted octanol–water partition coefficient (Wildman–Crippen LogP) is 11.2. The molecule has 1 unspecified atom stereocenters. The van der Waals surface area contributed by atoms with Crippen LogP contribution in [0.15, 0.2) is 133 Å². The summed E-state index contributed by atoms with van der Waals surface area (Å²) in [4.78, 5) is 2.27. The summed E-state index contributed by atoms with van der Waals surface area (Å²) < 4.78 is 5.40. The molecule has 0 radical (unpaired) electrons. The summed E-state index contributed by atoms with van der Waals surface area (Å²) >= 11 is 0. The second-order valence-electron chi connectivity index (χ2n) is 11.1. The van der Waals surface area contributed by atoms with Crippen LogP contribution in [0, 0.1) is 0 Å². The Hall–Kier alpha value is -4.56. The first-order valence-corrected chi connectivity index (χ1v) is 15.0. The Kier molecular flexibility index (Phi) is 9.24. The van der Waals surface area contributed by atoms with Gasteiger partial charge in [0.05, 0.1) is 7.11 Å². The highest BCUT2D eigenvalue weighted by atomic mass is 16.5. The van der Waals surface area contributed by atoms with E-state index < -0.39 is 0 Å². The van der Waals surface area contributed by atoms with E-state index in [4.69, 9.17) is 4.74 Å². The van der Waals surface area contributed by atoms with Gasteiger partial charge in [0.15, 0.2) is 0 Å². The number of hydrogen-bond donors (Lipinski definition) is 0. The second-order valence-corrected chi connectivity index (χ2v) is 11.1. The van der Waals surface area contributed by atoms with E-state index in [1.807, 2.05) is 18.2 Å². The average Bonchev–Trinajstić information content (AvgIpc) is 3.06. The minimum atomic E-state index is 0.217. The smallest absolute Gasteiger partial charge is 0.119 e. The number of benzene rings is 5. The molecule has 212 valence electrons. The molecule has 5 aromatic carbocycles. The van der Waals surface area contributed by atoms with Crippen molar-refractivity contribution in [3.05, 3.63) is 156 Å². The molecule has 2 nitrogen and oxygen atoms in total. The van der Waals surface area contributed by atoms with Gasteiger partial charge >= 0.3 is 0 Å². The first-order chi connectivity index (χ1) is 20.5.